The standard InChI is InChI=1S/C11H11FN/c1-2-3-8-7-13-11-5-4-9(12)6-10(8)11/h3-7,13H,2H2,1H3. The van der Waals surface area contributed by atoms with E-state index in [-0.39, 0.29) is 5.82 Å². The molecule has 0 saturated heterocycles. The zero-order valence-corrected chi connectivity index (χ0v) is 7.47. The first-order valence-corrected chi connectivity index (χ1v) is 4.41. The number of aromatic amines is 1. The van der Waals surface area contributed by atoms with Crippen molar-refractivity contribution in [3.63, 3.8) is 0 Å². The van der Waals surface area contributed by atoms with Crippen molar-refractivity contribution in [3.05, 3.63) is 42.2 Å². The molecule has 2 aromatic rings. The zero-order chi connectivity index (χ0) is 9.26. The summed E-state index contributed by atoms with van der Waals surface area (Å²) in [7, 11) is 0. The summed E-state index contributed by atoms with van der Waals surface area (Å²) in [4.78, 5) is 3.10. The van der Waals surface area contributed by atoms with Crippen LogP contribution in [0.25, 0.3) is 10.9 Å². The van der Waals surface area contributed by atoms with Crippen LogP contribution in [-0.2, 0) is 0 Å². The van der Waals surface area contributed by atoms with Crippen molar-refractivity contribution in [1.29, 1.82) is 0 Å². The van der Waals surface area contributed by atoms with E-state index in [1.165, 1.54) is 6.07 Å². The van der Waals surface area contributed by atoms with Gasteiger partial charge in [0.25, 0.3) is 0 Å². The largest absolute Gasteiger partial charge is 0.361 e. The maximum absolute atomic E-state index is 12.9. The van der Waals surface area contributed by atoms with Crippen LogP contribution >= 0.6 is 0 Å². The molecule has 0 aliphatic carbocycles. The van der Waals surface area contributed by atoms with Crippen molar-refractivity contribution in [2.24, 2.45) is 0 Å². The molecule has 2 heteroatoms. The number of benzene rings is 1. The van der Waals surface area contributed by atoms with Gasteiger partial charge in [-0.25, -0.2) is 4.39 Å². The monoisotopic (exact) mass is 176 g/mol. The van der Waals surface area contributed by atoms with Crippen molar-refractivity contribution in [3.8, 4) is 0 Å². The molecule has 0 spiro atoms. The van der Waals surface area contributed by atoms with E-state index in [1.807, 2.05) is 6.20 Å². The Hall–Kier alpha value is -1.31. The Morgan fingerprint density at radius 1 is 1.46 bits per heavy atom. The molecule has 0 fully saturated rings. The first kappa shape index (κ1) is 8.30. The number of nitrogens with one attached hydrogen (secondary N) is 1. The third-order valence-electron chi connectivity index (χ3n) is 2.10. The van der Waals surface area contributed by atoms with Crippen molar-refractivity contribution < 1.29 is 4.39 Å². The molecule has 67 valence electrons. The van der Waals surface area contributed by atoms with E-state index in [9.17, 15) is 4.39 Å². The Labute approximate surface area is 76.6 Å². The van der Waals surface area contributed by atoms with E-state index in [0.717, 1.165) is 22.9 Å². The van der Waals surface area contributed by atoms with Gasteiger partial charge in [-0.2, -0.15) is 0 Å². The molecular weight excluding hydrogens is 165 g/mol. The summed E-state index contributed by atoms with van der Waals surface area (Å²) in [5.41, 5.74) is 2.07. The van der Waals surface area contributed by atoms with Gasteiger partial charge in [-0.15, -0.1) is 0 Å². The van der Waals surface area contributed by atoms with Crippen LogP contribution in [0.1, 0.15) is 18.9 Å². The highest BCUT2D eigenvalue weighted by molar-refractivity contribution is 5.84. The Morgan fingerprint density at radius 3 is 3.08 bits per heavy atom. The maximum Gasteiger partial charge on any atom is 0.123 e. The number of aromatic nitrogens is 1. The molecule has 1 aromatic heterocycles. The third kappa shape index (κ3) is 1.44. The van der Waals surface area contributed by atoms with Gasteiger partial charge in [-0.1, -0.05) is 6.92 Å². The van der Waals surface area contributed by atoms with Crippen LogP contribution in [-0.4, -0.2) is 4.98 Å². The van der Waals surface area contributed by atoms with Gasteiger partial charge in [0, 0.05) is 17.1 Å². The summed E-state index contributed by atoms with van der Waals surface area (Å²) < 4.78 is 12.9. The second kappa shape index (κ2) is 3.21. The van der Waals surface area contributed by atoms with Crippen LogP contribution in [0.15, 0.2) is 24.4 Å². The van der Waals surface area contributed by atoms with E-state index in [1.54, 1.807) is 12.1 Å². The van der Waals surface area contributed by atoms with Crippen molar-refractivity contribution in [1.82, 2.24) is 4.98 Å². The average molecular weight is 176 g/mol. The van der Waals surface area contributed by atoms with Gasteiger partial charge in [0.15, 0.2) is 0 Å². The molecule has 1 nitrogen and oxygen atoms in total. The minimum Gasteiger partial charge on any atom is -0.361 e. The highest BCUT2D eigenvalue weighted by Gasteiger charge is 2.03. The lowest BCUT2D eigenvalue weighted by Gasteiger charge is -1.94. The van der Waals surface area contributed by atoms with E-state index in [2.05, 4.69) is 18.3 Å². The molecule has 1 radical (unpaired) electrons. The average Bonchev–Trinajstić information content (AvgIpc) is 2.49. The van der Waals surface area contributed by atoms with Crippen LogP contribution in [0.4, 0.5) is 4.39 Å². The summed E-state index contributed by atoms with van der Waals surface area (Å²) >= 11 is 0. The van der Waals surface area contributed by atoms with Crippen LogP contribution in [0.5, 0.6) is 0 Å². The lowest BCUT2D eigenvalue weighted by molar-refractivity contribution is 0.629. The van der Waals surface area contributed by atoms with Crippen molar-refractivity contribution >= 4 is 10.9 Å². The minimum atomic E-state index is -0.183. The zero-order valence-electron chi connectivity index (χ0n) is 7.47. The summed E-state index contributed by atoms with van der Waals surface area (Å²) in [6, 6.07) is 4.79. The molecule has 0 amide bonds. The minimum absolute atomic E-state index is 0.183. The summed E-state index contributed by atoms with van der Waals surface area (Å²) in [5, 5.41) is 0.960. The third-order valence-corrected chi connectivity index (χ3v) is 2.10. The molecule has 0 aliphatic rings. The first-order valence-electron chi connectivity index (χ1n) is 4.41. The fourth-order valence-corrected chi connectivity index (χ4v) is 1.50. The smallest absolute Gasteiger partial charge is 0.123 e. The summed E-state index contributed by atoms with van der Waals surface area (Å²) in [6.07, 6.45) is 4.95. The lowest BCUT2D eigenvalue weighted by Crippen LogP contribution is -1.77. The van der Waals surface area contributed by atoms with Crippen LogP contribution < -0.4 is 0 Å². The maximum atomic E-state index is 12.9. The molecule has 13 heavy (non-hydrogen) atoms. The van der Waals surface area contributed by atoms with Crippen LogP contribution in [0.3, 0.4) is 0 Å². The molecule has 1 aromatic carbocycles. The van der Waals surface area contributed by atoms with E-state index >= 15 is 0 Å². The number of H-pyrrole nitrogens is 1. The fourth-order valence-electron chi connectivity index (χ4n) is 1.50. The van der Waals surface area contributed by atoms with E-state index in [4.69, 9.17) is 0 Å². The van der Waals surface area contributed by atoms with Gasteiger partial charge in [-0.3, -0.25) is 0 Å². The molecule has 0 saturated carbocycles. The van der Waals surface area contributed by atoms with Gasteiger partial charge in [-0.05, 0) is 36.6 Å². The second-order valence-electron chi connectivity index (χ2n) is 3.05. The molecule has 0 atom stereocenters. The summed E-state index contributed by atoms with van der Waals surface area (Å²) in [6.45, 7) is 2.07. The van der Waals surface area contributed by atoms with Crippen LogP contribution in [0.2, 0.25) is 0 Å². The molecule has 0 bridgehead atoms. The van der Waals surface area contributed by atoms with Crippen LogP contribution in [0, 0.1) is 12.2 Å². The Morgan fingerprint density at radius 2 is 2.31 bits per heavy atom. The Bertz CT molecular complexity index is 417. The quantitative estimate of drug-likeness (QED) is 0.722. The number of hydrogen-bond donors (Lipinski definition) is 1. The Balaban J connectivity index is 2.58. The van der Waals surface area contributed by atoms with Gasteiger partial charge in [0.2, 0.25) is 0 Å². The first-order chi connectivity index (χ1) is 6.31. The highest BCUT2D eigenvalue weighted by atomic mass is 19.1. The van der Waals surface area contributed by atoms with Crippen molar-refractivity contribution in [2.75, 3.05) is 0 Å². The number of hydrogen-bond acceptors (Lipinski definition) is 0. The molecule has 1 heterocycles. The van der Waals surface area contributed by atoms with Crippen molar-refractivity contribution in [2.45, 2.75) is 13.3 Å². The predicted molar refractivity (Wildman–Crippen MR) is 51.9 cm³/mol. The number of rotatable bonds is 2. The molecule has 0 aliphatic heterocycles. The number of halogens is 1. The molecular formula is C11H11FN. The lowest BCUT2D eigenvalue weighted by atomic mass is 10.1. The van der Waals surface area contributed by atoms with Gasteiger partial charge in [0.1, 0.15) is 5.82 Å². The van der Waals surface area contributed by atoms with Gasteiger partial charge < -0.3 is 4.98 Å². The molecule has 0 unspecified atom stereocenters. The normalized spacial score (nSPS) is 10.9. The van der Waals surface area contributed by atoms with E-state index < -0.39 is 0 Å². The molecule has 2 rings (SSSR count). The topological polar surface area (TPSA) is 15.8 Å². The Kier molecular flexibility index (Phi) is 2.05. The molecule has 1 N–H and O–H groups in total. The SMILES string of the molecule is CC[CH]c1c[nH]c2ccc(F)cc12. The van der Waals surface area contributed by atoms with Gasteiger partial charge >= 0.3 is 0 Å². The number of fused-ring (bicyclic) bond motifs is 1. The van der Waals surface area contributed by atoms with E-state index in [0.29, 0.717) is 0 Å². The fraction of sp³-hybridized carbons (Fsp3) is 0.182. The predicted octanol–water partition coefficient (Wildman–Crippen LogP) is 3.27. The summed E-state index contributed by atoms with van der Waals surface area (Å²) in [5.74, 6) is -0.183. The van der Waals surface area contributed by atoms with Gasteiger partial charge in [0.05, 0.1) is 0 Å². The second-order valence-corrected chi connectivity index (χ2v) is 3.05. The highest BCUT2D eigenvalue weighted by Crippen LogP contribution is 2.21.